The Kier molecular flexibility index (Phi) is 8.77. The van der Waals surface area contributed by atoms with Crippen LogP contribution in [0, 0.1) is 11.3 Å². The van der Waals surface area contributed by atoms with E-state index in [0.717, 1.165) is 34.8 Å². The molecule has 44 heavy (non-hydrogen) atoms. The number of nitrogens with one attached hydrogen (secondary N) is 1. The van der Waals surface area contributed by atoms with Crippen LogP contribution in [-0.4, -0.2) is 32.6 Å². The zero-order valence-corrected chi connectivity index (χ0v) is 25.4. The number of alkyl halides is 3. The van der Waals surface area contributed by atoms with E-state index in [1.165, 1.54) is 12.1 Å². The minimum atomic E-state index is -4.47. The van der Waals surface area contributed by atoms with Crippen LogP contribution in [0.5, 0.6) is 0 Å². The van der Waals surface area contributed by atoms with Crippen LogP contribution in [0.15, 0.2) is 73.1 Å². The smallest absolute Gasteiger partial charge is 0.368 e. The molecule has 1 saturated carbocycles. The van der Waals surface area contributed by atoms with E-state index in [1.54, 1.807) is 24.5 Å². The summed E-state index contributed by atoms with van der Waals surface area (Å²) in [6, 6.07) is 14.5. The first-order valence-corrected chi connectivity index (χ1v) is 14.7. The summed E-state index contributed by atoms with van der Waals surface area (Å²) in [7, 11) is 0. The lowest BCUT2D eigenvalue weighted by atomic mass is 9.52. The molecule has 3 N–H and O–H groups in total. The Morgan fingerprint density at radius 2 is 1.82 bits per heavy atom. The summed E-state index contributed by atoms with van der Waals surface area (Å²) in [4.78, 5) is 29.4. The zero-order valence-electron chi connectivity index (χ0n) is 23.9. The fraction of sp³-hybridized carbons (Fsp3) is 0.312. The topological polar surface area (TPSA) is 103 Å². The Labute approximate surface area is 262 Å². The van der Waals surface area contributed by atoms with Crippen molar-refractivity contribution in [1.82, 2.24) is 20.1 Å². The average Bonchev–Trinajstić information content (AvgIpc) is 3.41. The van der Waals surface area contributed by atoms with Crippen molar-refractivity contribution in [3.8, 4) is 16.9 Å². The van der Waals surface area contributed by atoms with Crippen LogP contribution in [0.2, 0.25) is 10.0 Å². The van der Waals surface area contributed by atoms with E-state index in [0.29, 0.717) is 22.0 Å². The van der Waals surface area contributed by atoms with Crippen molar-refractivity contribution < 1.29 is 22.8 Å². The molecule has 0 bridgehead atoms. The second-order valence-corrected chi connectivity index (χ2v) is 12.5. The molecule has 0 unspecified atom stereocenters. The van der Waals surface area contributed by atoms with Gasteiger partial charge in [0.05, 0.1) is 27.0 Å². The maximum absolute atomic E-state index is 13.1. The summed E-state index contributed by atoms with van der Waals surface area (Å²) in [6.07, 6.45) is -0.225. The lowest BCUT2D eigenvalue weighted by Crippen LogP contribution is -2.49. The molecule has 230 valence electrons. The first-order chi connectivity index (χ1) is 20.7. The summed E-state index contributed by atoms with van der Waals surface area (Å²) in [5, 5.41) is 8.39. The van der Waals surface area contributed by atoms with Crippen LogP contribution in [-0.2, 0) is 22.2 Å². The van der Waals surface area contributed by atoms with Gasteiger partial charge in [-0.15, -0.1) is 0 Å². The van der Waals surface area contributed by atoms with Crippen molar-refractivity contribution >= 4 is 35.0 Å². The Morgan fingerprint density at radius 1 is 1.09 bits per heavy atom. The molecule has 1 aliphatic carbocycles. The minimum absolute atomic E-state index is 0.0180. The van der Waals surface area contributed by atoms with Gasteiger partial charge in [-0.3, -0.25) is 14.6 Å². The van der Waals surface area contributed by atoms with Crippen molar-refractivity contribution in [3.63, 3.8) is 0 Å². The lowest BCUT2D eigenvalue weighted by Gasteiger charge is -2.52. The van der Waals surface area contributed by atoms with Gasteiger partial charge in [-0.1, -0.05) is 49.2 Å². The van der Waals surface area contributed by atoms with E-state index in [9.17, 15) is 22.8 Å². The molecule has 3 atom stereocenters. The number of carbonyl (C=O) groups is 2. The number of hydrogen-bond acceptors (Lipinski definition) is 4. The molecule has 2 aromatic heterocycles. The van der Waals surface area contributed by atoms with Crippen molar-refractivity contribution in [2.24, 2.45) is 17.1 Å². The van der Waals surface area contributed by atoms with Crippen molar-refractivity contribution in [1.29, 1.82) is 0 Å². The first-order valence-electron chi connectivity index (χ1n) is 13.9. The highest BCUT2D eigenvalue weighted by atomic mass is 35.5. The predicted octanol–water partition coefficient (Wildman–Crippen LogP) is 6.99. The Hall–Kier alpha value is -3.89. The van der Waals surface area contributed by atoms with Crippen LogP contribution >= 0.6 is 23.2 Å². The average molecular weight is 645 g/mol. The van der Waals surface area contributed by atoms with Crippen LogP contribution in [0.4, 0.5) is 13.2 Å². The monoisotopic (exact) mass is 643 g/mol. The molecule has 5 rings (SSSR count). The van der Waals surface area contributed by atoms with Crippen LogP contribution in [0.25, 0.3) is 16.9 Å². The van der Waals surface area contributed by atoms with Gasteiger partial charge in [0.2, 0.25) is 11.8 Å². The minimum Gasteiger partial charge on any atom is -0.368 e. The molecule has 0 spiro atoms. The number of hydrogen-bond donors (Lipinski definition) is 2. The van der Waals surface area contributed by atoms with E-state index in [-0.39, 0.29) is 36.0 Å². The number of nitrogens with zero attached hydrogens (tertiary/aromatic N) is 3. The third-order valence-electron chi connectivity index (χ3n) is 8.50. The van der Waals surface area contributed by atoms with E-state index >= 15 is 0 Å². The predicted molar refractivity (Wildman–Crippen MR) is 162 cm³/mol. The van der Waals surface area contributed by atoms with Gasteiger partial charge >= 0.3 is 6.18 Å². The number of rotatable bonds is 9. The second kappa shape index (κ2) is 12.2. The van der Waals surface area contributed by atoms with Gasteiger partial charge in [0.25, 0.3) is 0 Å². The summed E-state index contributed by atoms with van der Waals surface area (Å²) in [5.41, 5.74) is 8.15. The summed E-state index contributed by atoms with van der Waals surface area (Å²) in [6.45, 7) is 4.17. The number of carbonyl (C=O) groups excluding carboxylic acids is 2. The molecule has 0 aliphatic heterocycles. The van der Waals surface area contributed by atoms with Gasteiger partial charge in [-0.25, -0.2) is 4.68 Å². The fourth-order valence-corrected chi connectivity index (χ4v) is 6.04. The van der Waals surface area contributed by atoms with Crippen LogP contribution in [0.1, 0.15) is 49.4 Å². The van der Waals surface area contributed by atoms with E-state index in [1.807, 2.05) is 28.9 Å². The summed E-state index contributed by atoms with van der Waals surface area (Å²) < 4.78 is 40.6. The first kappa shape index (κ1) is 31.5. The van der Waals surface area contributed by atoms with Crippen molar-refractivity contribution in [3.05, 3.63) is 99.9 Å². The number of primary amides is 1. The number of amides is 2. The van der Waals surface area contributed by atoms with E-state index < -0.39 is 23.7 Å². The molecule has 2 heterocycles. The number of halogens is 5. The maximum Gasteiger partial charge on any atom is 0.416 e. The Bertz CT molecular complexity index is 1670. The molecule has 0 saturated heterocycles. The van der Waals surface area contributed by atoms with Gasteiger partial charge in [0.1, 0.15) is 6.04 Å². The van der Waals surface area contributed by atoms with Crippen molar-refractivity contribution in [2.45, 2.75) is 51.2 Å². The number of aromatic nitrogens is 3. The lowest BCUT2D eigenvalue weighted by molar-refractivity contribution is -0.137. The highest BCUT2D eigenvalue weighted by Crippen LogP contribution is 2.58. The number of pyridine rings is 1. The largest absolute Gasteiger partial charge is 0.416 e. The maximum atomic E-state index is 13.1. The molecule has 2 amide bonds. The van der Waals surface area contributed by atoms with Gasteiger partial charge in [-0.05, 0) is 71.8 Å². The number of nitrogens with two attached hydrogens (primary N) is 1. The molecule has 2 aromatic carbocycles. The number of benzene rings is 2. The standard InChI is InChI=1S/C32H30Cl2F3N5O2/c1-31(2)21(14-29(43)40-27(30(38)44)12-18-5-7-20(8-6-18)32(35,36)37)13-23(31)28-16-26(19-4-3-11-39-17-19)41-42(28)22-9-10-24(33)25(34)15-22/h3-11,15-17,21,23,27H,12-14H2,1-2H3,(H2,38,44)(H,40,43)/t21-,23-,27+/m1/s1. The molecular weight excluding hydrogens is 614 g/mol. The Balaban J connectivity index is 1.31. The van der Waals surface area contributed by atoms with Crippen LogP contribution < -0.4 is 11.1 Å². The van der Waals surface area contributed by atoms with Gasteiger partial charge < -0.3 is 11.1 Å². The second-order valence-electron chi connectivity index (χ2n) is 11.6. The normalized spacial score (nSPS) is 18.3. The molecule has 7 nitrogen and oxygen atoms in total. The Morgan fingerprint density at radius 3 is 2.41 bits per heavy atom. The molecule has 4 aromatic rings. The molecule has 1 aliphatic rings. The summed E-state index contributed by atoms with van der Waals surface area (Å²) >= 11 is 12.5. The SMILES string of the molecule is CC1(C)[C@@H](CC(=O)N[C@@H](Cc2ccc(C(F)(F)F)cc2)C(N)=O)C[C@@H]1c1cc(-c2cccnc2)nn1-c1ccc(Cl)c(Cl)c1. The zero-order chi connectivity index (χ0) is 31.8. The molecular formula is C32H30Cl2F3N5O2. The highest BCUT2D eigenvalue weighted by Gasteiger charge is 2.50. The highest BCUT2D eigenvalue weighted by molar-refractivity contribution is 6.42. The quantitative estimate of drug-likeness (QED) is 0.205. The fourth-order valence-electron chi connectivity index (χ4n) is 5.75. The van der Waals surface area contributed by atoms with Gasteiger partial charge in [0, 0.05) is 42.4 Å². The van der Waals surface area contributed by atoms with Crippen molar-refractivity contribution in [2.75, 3.05) is 0 Å². The van der Waals surface area contributed by atoms with Gasteiger partial charge in [-0.2, -0.15) is 18.3 Å². The molecule has 12 heteroatoms. The van der Waals surface area contributed by atoms with Gasteiger partial charge in [0.15, 0.2) is 0 Å². The molecule has 1 fully saturated rings. The third kappa shape index (κ3) is 6.61. The third-order valence-corrected chi connectivity index (χ3v) is 9.24. The molecule has 0 radical (unpaired) electrons. The summed E-state index contributed by atoms with van der Waals surface area (Å²) in [5.74, 6) is -1.11. The van der Waals surface area contributed by atoms with E-state index in [4.69, 9.17) is 34.0 Å². The van der Waals surface area contributed by atoms with E-state index in [2.05, 4.69) is 24.1 Å². The van der Waals surface area contributed by atoms with Crippen LogP contribution in [0.3, 0.4) is 0 Å².